The Morgan fingerprint density at radius 3 is 1.98 bits per heavy atom. The van der Waals surface area contributed by atoms with Gasteiger partial charge in [-0.25, -0.2) is 0 Å². The molecule has 0 spiro atoms. The van der Waals surface area contributed by atoms with E-state index in [1.165, 1.54) is 31.5 Å². The molecule has 1 rings (SSSR count). The molecule has 5 amide bonds. The van der Waals surface area contributed by atoms with Crippen molar-refractivity contribution in [2.75, 3.05) is 6.54 Å². The highest BCUT2D eigenvalue weighted by molar-refractivity contribution is 5.98. The largest absolute Gasteiger partial charge is 0.619 e. The summed E-state index contributed by atoms with van der Waals surface area (Å²) in [6.45, 7) is 16.8. The minimum absolute atomic E-state index is 0.0575. The normalized spacial score (nSPS) is 15.0. The Morgan fingerprint density at radius 2 is 1.48 bits per heavy atom. The van der Waals surface area contributed by atoms with Crippen LogP contribution in [0.15, 0.2) is 24.5 Å². The fourth-order valence-electron chi connectivity index (χ4n) is 4.52. The number of aliphatic hydroxyl groups excluding tert-OH is 1. The SMILES string of the molecule is CCNC(=O)[C@@H](NC(=O)C[C@H](O)[C@H](CC(C)C)NC(=O)[C@H](C)NC(=O)[C@H](CC(C)(C)C)NC(=O)c1cc[n+]([O-])cc1)C(C)C. The number of rotatable bonds is 16. The van der Waals surface area contributed by atoms with Gasteiger partial charge in [-0.3, -0.25) is 24.0 Å². The quantitative estimate of drug-likeness (QED) is 0.117. The minimum Gasteiger partial charge on any atom is -0.619 e. The zero-order valence-electron chi connectivity index (χ0n) is 27.5. The number of amides is 5. The molecule has 248 valence electrons. The van der Waals surface area contributed by atoms with Crippen molar-refractivity contribution >= 4 is 29.5 Å². The molecule has 0 radical (unpaired) electrons. The molecule has 44 heavy (non-hydrogen) atoms. The number of nitrogens with zero attached hydrogens (tertiary/aromatic N) is 1. The Hall–Kier alpha value is -3.74. The predicted octanol–water partition coefficient (Wildman–Crippen LogP) is 0.918. The number of carbonyl (C=O) groups is 5. The molecule has 0 saturated carbocycles. The average molecular weight is 621 g/mol. The first-order valence-electron chi connectivity index (χ1n) is 15.2. The number of aliphatic hydroxyl groups is 1. The molecule has 0 aromatic carbocycles. The van der Waals surface area contributed by atoms with Gasteiger partial charge in [-0.1, -0.05) is 48.5 Å². The van der Waals surface area contributed by atoms with Crippen LogP contribution < -0.4 is 31.3 Å². The summed E-state index contributed by atoms with van der Waals surface area (Å²) in [6.07, 6.45) is 1.39. The van der Waals surface area contributed by atoms with Crippen LogP contribution in [0.25, 0.3) is 0 Å². The summed E-state index contributed by atoms with van der Waals surface area (Å²) >= 11 is 0. The van der Waals surface area contributed by atoms with E-state index in [0.717, 1.165) is 0 Å². The Bertz CT molecular complexity index is 1120. The van der Waals surface area contributed by atoms with Crippen molar-refractivity contribution in [3.05, 3.63) is 35.3 Å². The highest BCUT2D eigenvalue weighted by Gasteiger charge is 2.32. The van der Waals surface area contributed by atoms with Crippen molar-refractivity contribution in [3.8, 4) is 0 Å². The maximum absolute atomic E-state index is 13.3. The molecule has 0 fully saturated rings. The van der Waals surface area contributed by atoms with Crippen molar-refractivity contribution in [1.29, 1.82) is 0 Å². The van der Waals surface area contributed by atoms with Gasteiger partial charge in [0, 0.05) is 18.7 Å². The fraction of sp³-hybridized carbons (Fsp3) is 0.677. The van der Waals surface area contributed by atoms with Crippen molar-refractivity contribution in [2.24, 2.45) is 17.3 Å². The smallest absolute Gasteiger partial charge is 0.252 e. The number of nitrogens with one attached hydrogen (secondary N) is 5. The van der Waals surface area contributed by atoms with Crippen LogP contribution in [0.2, 0.25) is 0 Å². The van der Waals surface area contributed by atoms with Crippen LogP contribution >= 0.6 is 0 Å². The molecular formula is C31H52N6O7. The molecule has 0 bridgehead atoms. The molecule has 6 N–H and O–H groups in total. The zero-order valence-corrected chi connectivity index (χ0v) is 27.5. The molecule has 1 aromatic heterocycles. The van der Waals surface area contributed by atoms with Gasteiger partial charge >= 0.3 is 0 Å². The van der Waals surface area contributed by atoms with Gasteiger partial charge in [0.05, 0.1) is 24.1 Å². The first-order chi connectivity index (χ1) is 20.3. The molecule has 0 aliphatic rings. The molecule has 1 heterocycles. The van der Waals surface area contributed by atoms with Crippen LogP contribution in [0, 0.1) is 22.5 Å². The van der Waals surface area contributed by atoms with Crippen molar-refractivity contribution in [1.82, 2.24) is 26.6 Å². The van der Waals surface area contributed by atoms with Gasteiger partial charge < -0.3 is 36.9 Å². The Labute approximate surface area is 260 Å². The van der Waals surface area contributed by atoms with Gasteiger partial charge in [-0.15, -0.1) is 0 Å². The summed E-state index contributed by atoms with van der Waals surface area (Å²) in [5.41, 5.74) is -0.149. The van der Waals surface area contributed by atoms with E-state index < -0.39 is 53.9 Å². The van der Waals surface area contributed by atoms with E-state index in [1.54, 1.807) is 20.8 Å². The van der Waals surface area contributed by atoms with Gasteiger partial charge in [0.2, 0.25) is 23.6 Å². The molecule has 0 saturated heterocycles. The van der Waals surface area contributed by atoms with Gasteiger partial charge in [-0.05, 0) is 43.9 Å². The van der Waals surface area contributed by atoms with E-state index in [2.05, 4.69) is 26.6 Å². The van der Waals surface area contributed by atoms with Gasteiger partial charge in [0.15, 0.2) is 12.4 Å². The monoisotopic (exact) mass is 620 g/mol. The Morgan fingerprint density at radius 1 is 0.886 bits per heavy atom. The number of aromatic nitrogens is 1. The first kappa shape index (κ1) is 38.3. The summed E-state index contributed by atoms with van der Waals surface area (Å²) in [6, 6.07) is -0.897. The summed E-state index contributed by atoms with van der Waals surface area (Å²) in [5.74, 6) is -2.66. The summed E-state index contributed by atoms with van der Waals surface area (Å²) in [5, 5.41) is 35.7. The number of likely N-dealkylation sites (N-methyl/N-ethyl adjacent to an activating group) is 1. The fourth-order valence-corrected chi connectivity index (χ4v) is 4.52. The molecule has 13 heteroatoms. The van der Waals surface area contributed by atoms with Crippen LogP contribution in [0.1, 0.15) is 91.9 Å². The van der Waals surface area contributed by atoms with Crippen molar-refractivity contribution in [3.63, 3.8) is 0 Å². The molecule has 13 nitrogen and oxygen atoms in total. The van der Waals surface area contributed by atoms with Crippen molar-refractivity contribution < 1.29 is 33.8 Å². The van der Waals surface area contributed by atoms with E-state index in [9.17, 15) is 34.3 Å². The second-order valence-electron chi connectivity index (χ2n) is 13.2. The van der Waals surface area contributed by atoms with Gasteiger partial charge in [-0.2, -0.15) is 4.73 Å². The van der Waals surface area contributed by atoms with E-state index in [0.29, 0.717) is 17.7 Å². The average Bonchev–Trinajstić information content (AvgIpc) is 2.90. The number of carbonyl (C=O) groups excluding carboxylic acids is 5. The predicted molar refractivity (Wildman–Crippen MR) is 166 cm³/mol. The molecule has 0 aliphatic carbocycles. The summed E-state index contributed by atoms with van der Waals surface area (Å²) < 4.78 is 0.542. The van der Waals surface area contributed by atoms with E-state index in [-0.39, 0.29) is 41.6 Å². The minimum atomic E-state index is -1.25. The lowest BCUT2D eigenvalue weighted by Crippen LogP contribution is -2.56. The van der Waals surface area contributed by atoms with Gasteiger partial charge in [0.1, 0.15) is 18.1 Å². The van der Waals surface area contributed by atoms with E-state index in [4.69, 9.17) is 0 Å². The Kier molecular flexibility index (Phi) is 15.3. The third kappa shape index (κ3) is 13.7. The van der Waals surface area contributed by atoms with Crippen molar-refractivity contribution in [2.45, 2.75) is 112 Å². The number of hydrogen-bond acceptors (Lipinski definition) is 7. The second kappa shape index (κ2) is 17.5. The highest BCUT2D eigenvalue weighted by Crippen LogP contribution is 2.21. The molecule has 0 unspecified atom stereocenters. The van der Waals surface area contributed by atoms with Crippen LogP contribution in [0.3, 0.4) is 0 Å². The second-order valence-corrected chi connectivity index (χ2v) is 13.2. The van der Waals surface area contributed by atoms with Crippen LogP contribution in [-0.2, 0) is 19.2 Å². The highest BCUT2D eigenvalue weighted by atomic mass is 16.5. The van der Waals surface area contributed by atoms with Crippen LogP contribution in [-0.4, -0.2) is 71.5 Å². The van der Waals surface area contributed by atoms with Crippen LogP contribution in [0.4, 0.5) is 0 Å². The van der Waals surface area contributed by atoms with Gasteiger partial charge in [0.25, 0.3) is 5.91 Å². The summed E-state index contributed by atoms with van der Waals surface area (Å²) in [7, 11) is 0. The van der Waals surface area contributed by atoms with E-state index in [1.807, 2.05) is 34.6 Å². The maximum Gasteiger partial charge on any atom is 0.252 e. The maximum atomic E-state index is 13.3. The molecule has 1 aromatic rings. The zero-order chi connectivity index (χ0) is 33.8. The lowest BCUT2D eigenvalue weighted by molar-refractivity contribution is -0.605. The summed E-state index contributed by atoms with van der Waals surface area (Å²) in [4.78, 5) is 64.3. The number of hydrogen-bond donors (Lipinski definition) is 6. The molecular weight excluding hydrogens is 568 g/mol. The van der Waals surface area contributed by atoms with E-state index >= 15 is 0 Å². The first-order valence-corrected chi connectivity index (χ1v) is 15.2. The standard InChI is InChI=1S/C31H52N6O7/c1-10-32-30(43)26(19(4)5)36-25(39)16-24(38)22(15-18(2)3)34-27(40)20(6)33-29(42)23(17-31(7,8)9)35-28(41)21-11-13-37(44)14-12-21/h11-14,18-20,22-24,26,38H,10,15-17H2,1-9H3,(H,32,43)(H,33,42)(H,34,40)(H,35,41)(H,36,39)/t20-,22-,23-,24-,26-/m0/s1. The topological polar surface area (TPSA) is 193 Å². The molecule has 5 atom stereocenters. The lowest BCUT2D eigenvalue weighted by Gasteiger charge is -2.29. The third-order valence-corrected chi connectivity index (χ3v) is 6.78. The molecule has 0 aliphatic heterocycles. The third-order valence-electron chi connectivity index (χ3n) is 6.78. The van der Waals surface area contributed by atoms with Crippen LogP contribution in [0.5, 0.6) is 0 Å². The lowest BCUT2D eigenvalue weighted by atomic mass is 9.87. The number of pyridine rings is 1. The Balaban J connectivity index is 2.95.